The third-order valence-electron chi connectivity index (χ3n) is 5.75. The van der Waals surface area contributed by atoms with Crippen molar-refractivity contribution in [1.82, 2.24) is 9.88 Å². The third-order valence-corrected chi connectivity index (χ3v) is 5.75. The summed E-state index contributed by atoms with van der Waals surface area (Å²) < 4.78 is 17.8. The Morgan fingerprint density at radius 2 is 1.96 bits per heavy atom. The van der Waals surface area contributed by atoms with Gasteiger partial charge in [0.2, 0.25) is 0 Å². The average molecular weight is 316 g/mol. The Morgan fingerprint density at radius 3 is 2.48 bits per heavy atom. The molecule has 4 rings (SSSR count). The maximum Gasteiger partial charge on any atom is 0.496 e. The summed E-state index contributed by atoms with van der Waals surface area (Å²) in [5.41, 5.74) is 1.45. The summed E-state index contributed by atoms with van der Waals surface area (Å²) in [7, 11) is -0.335. The second-order valence-electron chi connectivity index (χ2n) is 7.95. The predicted molar refractivity (Wildman–Crippen MR) is 88.5 cm³/mol. The summed E-state index contributed by atoms with van der Waals surface area (Å²) in [5, 5.41) is 0. The maximum absolute atomic E-state index is 6.07. The summed E-state index contributed by atoms with van der Waals surface area (Å²) in [4.78, 5) is 7.10. The molecule has 0 radical (unpaired) electrons. The Hall–Kier alpha value is -0.945. The first kappa shape index (κ1) is 15.6. The van der Waals surface area contributed by atoms with Crippen molar-refractivity contribution in [3.63, 3.8) is 0 Å². The Bertz CT molecular complexity index is 574. The summed E-state index contributed by atoms with van der Waals surface area (Å²) in [6, 6.07) is 4.74. The molecule has 0 spiro atoms. The number of likely N-dealkylation sites (tertiary alicyclic amines) is 1. The molecule has 3 aliphatic heterocycles. The predicted octanol–water partition coefficient (Wildman–Crippen LogP) is 1.35. The van der Waals surface area contributed by atoms with E-state index in [0.29, 0.717) is 12.1 Å². The minimum absolute atomic E-state index is 0.314. The maximum atomic E-state index is 6.07. The molecule has 0 amide bonds. The topological polar surface area (TPSA) is 43.8 Å². The first-order valence-electron chi connectivity index (χ1n) is 8.50. The Balaban J connectivity index is 1.43. The van der Waals surface area contributed by atoms with Crippen molar-refractivity contribution in [2.45, 2.75) is 64.0 Å². The smallest absolute Gasteiger partial charge is 0.399 e. The molecule has 1 aromatic heterocycles. The van der Waals surface area contributed by atoms with E-state index in [2.05, 4.69) is 49.7 Å². The Kier molecular flexibility index (Phi) is 3.57. The Labute approximate surface area is 138 Å². The van der Waals surface area contributed by atoms with E-state index in [9.17, 15) is 0 Å². The summed E-state index contributed by atoms with van der Waals surface area (Å²) in [5.74, 6) is 0. The van der Waals surface area contributed by atoms with Crippen LogP contribution < -0.4 is 5.46 Å². The van der Waals surface area contributed by atoms with E-state index in [-0.39, 0.29) is 18.3 Å². The average Bonchev–Trinajstić information content (AvgIpc) is 3.14. The van der Waals surface area contributed by atoms with Crippen molar-refractivity contribution in [2.75, 3.05) is 13.2 Å². The highest BCUT2D eigenvalue weighted by atomic mass is 16.7. The number of nitrogens with zero attached hydrogens (tertiary/aromatic N) is 2. The van der Waals surface area contributed by atoms with Gasteiger partial charge in [0.15, 0.2) is 0 Å². The van der Waals surface area contributed by atoms with Crippen molar-refractivity contribution < 1.29 is 14.0 Å². The van der Waals surface area contributed by atoms with Crippen LogP contribution in [-0.2, 0) is 20.6 Å². The fourth-order valence-electron chi connectivity index (χ4n) is 3.53. The molecular formula is C17H25BN2O3. The van der Waals surface area contributed by atoms with Crippen LogP contribution in [0.4, 0.5) is 0 Å². The first-order valence-corrected chi connectivity index (χ1v) is 8.50. The molecule has 0 saturated carbocycles. The molecule has 6 heteroatoms. The zero-order valence-electron chi connectivity index (χ0n) is 14.4. The summed E-state index contributed by atoms with van der Waals surface area (Å²) in [6.45, 7) is 11.1. The molecule has 3 fully saturated rings. The molecule has 2 bridgehead atoms. The minimum Gasteiger partial charge on any atom is -0.399 e. The van der Waals surface area contributed by atoms with Gasteiger partial charge in [-0.15, -0.1) is 0 Å². The Morgan fingerprint density at radius 1 is 1.22 bits per heavy atom. The van der Waals surface area contributed by atoms with E-state index in [1.165, 1.54) is 6.42 Å². The molecular weight excluding hydrogens is 291 g/mol. The second-order valence-corrected chi connectivity index (χ2v) is 7.95. The number of fused-ring (bicyclic) bond motifs is 2. The molecule has 0 aromatic carbocycles. The van der Waals surface area contributed by atoms with Crippen LogP contribution in [0.2, 0.25) is 0 Å². The van der Waals surface area contributed by atoms with Gasteiger partial charge in [-0.3, -0.25) is 9.88 Å². The molecule has 1 aromatic rings. The highest BCUT2D eigenvalue weighted by Crippen LogP contribution is 2.36. The molecule has 5 nitrogen and oxygen atoms in total. The van der Waals surface area contributed by atoms with Gasteiger partial charge in [0, 0.05) is 30.8 Å². The number of hydrogen-bond acceptors (Lipinski definition) is 5. The van der Waals surface area contributed by atoms with Crippen LogP contribution in [0.5, 0.6) is 0 Å². The summed E-state index contributed by atoms with van der Waals surface area (Å²) in [6.07, 6.45) is 3.50. The number of hydrogen-bond donors (Lipinski definition) is 0. The van der Waals surface area contributed by atoms with Crippen molar-refractivity contribution in [1.29, 1.82) is 0 Å². The molecule has 124 valence electrons. The van der Waals surface area contributed by atoms with E-state index in [4.69, 9.17) is 14.0 Å². The number of aromatic nitrogens is 1. The van der Waals surface area contributed by atoms with Gasteiger partial charge in [0.25, 0.3) is 0 Å². The lowest BCUT2D eigenvalue weighted by molar-refractivity contribution is 0.00578. The van der Waals surface area contributed by atoms with Crippen LogP contribution in [-0.4, -0.2) is 53.5 Å². The lowest BCUT2D eigenvalue weighted by Crippen LogP contribution is -2.41. The molecule has 0 unspecified atom stereocenters. The van der Waals surface area contributed by atoms with Crippen LogP contribution in [0.3, 0.4) is 0 Å². The first-order chi connectivity index (χ1) is 10.8. The van der Waals surface area contributed by atoms with Crippen LogP contribution in [0.15, 0.2) is 18.3 Å². The van der Waals surface area contributed by atoms with Gasteiger partial charge in [0.05, 0.1) is 29.6 Å². The van der Waals surface area contributed by atoms with Crippen LogP contribution in [0, 0.1) is 0 Å². The van der Waals surface area contributed by atoms with Crippen molar-refractivity contribution in [3.8, 4) is 0 Å². The fraction of sp³-hybridized carbons (Fsp3) is 0.706. The number of morpholine rings is 1. The molecule has 2 atom stereocenters. The zero-order valence-corrected chi connectivity index (χ0v) is 14.4. The van der Waals surface area contributed by atoms with Crippen LogP contribution >= 0.6 is 0 Å². The molecule has 3 saturated heterocycles. The third kappa shape index (κ3) is 2.72. The van der Waals surface area contributed by atoms with Gasteiger partial charge in [-0.25, -0.2) is 0 Å². The highest BCUT2D eigenvalue weighted by Gasteiger charge is 2.51. The molecule has 23 heavy (non-hydrogen) atoms. The fourth-order valence-corrected chi connectivity index (χ4v) is 3.53. The largest absolute Gasteiger partial charge is 0.496 e. The molecule has 4 heterocycles. The van der Waals surface area contributed by atoms with Crippen LogP contribution in [0.25, 0.3) is 0 Å². The monoisotopic (exact) mass is 316 g/mol. The van der Waals surface area contributed by atoms with Crippen LogP contribution in [0.1, 0.15) is 39.8 Å². The quantitative estimate of drug-likeness (QED) is 0.788. The van der Waals surface area contributed by atoms with E-state index >= 15 is 0 Å². The van der Waals surface area contributed by atoms with Crippen molar-refractivity contribution >= 4 is 12.6 Å². The number of ether oxygens (including phenoxy) is 1. The van der Waals surface area contributed by atoms with E-state index in [0.717, 1.165) is 30.9 Å². The molecule has 0 N–H and O–H groups in total. The SMILES string of the molecule is CC1(C)OB(c2ccc(CN3C[C@H]4C[C@@H]3CO4)nc2)OC1(C)C. The van der Waals surface area contributed by atoms with Crippen molar-refractivity contribution in [3.05, 3.63) is 24.0 Å². The highest BCUT2D eigenvalue weighted by molar-refractivity contribution is 6.62. The molecule has 0 aliphatic carbocycles. The number of rotatable bonds is 3. The molecule has 3 aliphatic rings. The standard InChI is InChI=1S/C17H25BN2O3/c1-16(2)17(3,4)23-18(22-16)12-5-6-13(19-8-12)9-20-10-15-7-14(20)11-21-15/h5-6,8,14-15H,7,9-11H2,1-4H3/t14-,15-/m1/s1. The lowest BCUT2D eigenvalue weighted by atomic mass is 9.80. The minimum atomic E-state index is -0.335. The van der Waals surface area contributed by atoms with Gasteiger partial charge >= 0.3 is 7.12 Å². The zero-order chi connectivity index (χ0) is 16.2. The lowest BCUT2D eigenvalue weighted by Gasteiger charge is -2.32. The second kappa shape index (κ2) is 5.28. The van der Waals surface area contributed by atoms with Gasteiger partial charge in [0.1, 0.15) is 0 Å². The van der Waals surface area contributed by atoms with E-state index in [1.54, 1.807) is 0 Å². The van der Waals surface area contributed by atoms with E-state index < -0.39 is 0 Å². The van der Waals surface area contributed by atoms with E-state index in [1.807, 2.05) is 6.20 Å². The van der Waals surface area contributed by atoms with Gasteiger partial charge in [-0.1, -0.05) is 6.07 Å². The number of pyridine rings is 1. The normalized spacial score (nSPS) is 31.9. The van der Waals surface area contributed by atoms with Gasteiger partial charge in [-0.2, -0.15) is 0 Å². The summed E-state index contributed by atoms with van der Waals surface area (Å²) >= 11 is 0. The van der Waals surface area contributed by atoms with Crippen molar-refractivity contribution in [2.24, 2.45) is 0 Å². The van der Waals surface area contributed by atoms with Gasteiger partial charge < -0.3 is 14.0 Å². The van der Waals surface area contributed by atoms with Gasteiger partial charge in [-0.05, 0) is 40.2 Å².